The first-order chi connectivity index (χ1) is 15.6. The zero-order valence-electron chi connectivity index (χ0n) is 18.7. The number of nitriles is 1. The monoisotopic (exact) mass is 488 g/mol. The topological polar surface area (TPSA) is 75.2 Å². The van der Waals surface area contributed by atoms with E-state index in [9.17, 15) is 41.5 Å². The maximum absolute atomic E-state index is 13.2. The number of halogens is 6. The summed E-state index contributed by atoms with van der Waals surface area (Å²) in [6, 6.07) is 6.59. The molecule has 1 aromatic heterocycles. The second-order valence-electron chi connectivity index (χ2n) is 7.74. The molecule has 34 heavy (non-hydrogen) atoms. The van der Waals surface area contributed by atoms with Crippen LogP contribution in [0, 0.1) is 18.3 Å². The minimum Gasteiger partial charge on any atom is -0.462 e. The van der Waals surface area contributed by atoms with Crippen molar-refractivity contribution in [3.05, 3.63) is 58.4 Å². The minimum absolute atomic E-state index is 0.0592. The highest BCUT2D eigenvalue weighted by atomic mass is 19.4. The molecule has 0 saturated carbocycles. The van der Waals surface area contributed by atoms with Gasteiger partial charge in [0.05, 0.1) is 6.61 Å². The highest BCUT2D eigenvalue weighted by Gasteiger charge is 2.71. The highest BCUT2D eigenvalue weighted by molar-refractivity contribution is 5.98. The maximum Gasteiger partial charge on any atom is 0.430 e. The molecule has 1 N–H and O–H groups in total. The van der Waals surface area contributed by atoms with Gasteiger partial charge < -0.3 is 14.4 Å². The van der Waals surface area contributed by atoms with Crippen LogP contribution in [-0.4, -0.2) is 34.6 Å². The minimum atomic E-state index is -5.99. The molecule has 2 aromatic rings. The molecule has 0 spiro atoms. The summed E-state index contributed by atoms with van der Waals surface area (Å²) in [5.74, 6) is -0.970. The first-order valence-electron chi connectivity index (χ1n) is 10.1. The fraction of sp³-hybridized carbons (Fsp3) is 0.391. The maximum atomic E-state index is 13.2. The van der Waals surface area contributed by atoms with E-state index in [1.807, 2.05) is 13.8 Å². The summed E-state index contributed by atoms with van der Waals surface area (Å²) in [4.78, 5) is 12.0. The summed E-state index contributed by atoms with van der Waals surface area (Å²) >= 11 is 0. The van der Waals surface area contributed by atoms with Crippen molar-refractivity contribution in [2.75, 3.05) is 6.61 Å². The molecule has 1 aromatic carbocycles. The lowest BCUT2D eigenvalue weighted by molar-refractivity contribution is -0.376. The van der Waals surface area contributed by atoms with Crippen molar-refractivity contribution in [1.82, 2.24) is 4.57 Å². The van der Waals surface area contributed by atoms with Crippen molar-refractivity contribution in [3.8, 4) is 11.8 Å². The van der Waals surface area contributed by atoms with Crippen LogP contribution < -0.4 is 0 Å². The van der Waals surface area contributed by atoms with E-state index in [4.69, 9.17) is 4.74 Å². The first kappa shape index (κ1) is 27.0. The molecular weight excluding hydrogens is 466 g/mol. The summed E-state index contributed by atoms with van der Waals surface area (Å²) in [6.07, 6.45) is -10.7. The Labute approximate surface area is 191 Å². The van der Waals surface area contributed by atoms with Gasteiger partial charge in [-0.25, -0.2) is 4.79 Å². The second kappa shape index (κ2) is 9.54. The van der Waals surface area contributed by atoms with Gasteiger partial charge >= 0.3 is 18.3 Å². The number of hydrogen-bond acceptors (Lipinski definition) is 4. The van der Waals surface area contributed by atoms with E-state index in [1.165, 1.54) is 6.08 Å². The number of benzene rings is 1. The second-order valence-corrected chi connectivity index (χ2v) is 7.74. The summed E-state index contributed by atoms with van der Waals surface area (Å²) in [5.41, 5.74) is -4.89. The van der Waals surface area contributed by atoms with Crippen LogP contribution in [-0.2, 0) is 15.1 Å². The molecule has 2 rings (SSSR count). The standard InChI is InChI=1S/C23H22F6N2O3/c1-5-34-20(32)16(12-30)10-15-11-19(13(2)3)31(14(15)4)18-8-6-17(7-9-18)21(33,22(24,25)26)23(27,28)29/h6-11,13,33H,5H2,1-4H3/b16-10+. The number of aliphatic hydroxyl groups is 1. The predicted octanol–water partition coefficient (Wildman–Crippen LogP) is 5.69. The zero-order valence-corrected chi connectivity index (χ0v) is 18.7. The Morgan fingerprint density at radius 2 is 1.68 bits per heavy atom. The molecule has 0 unspecified atom stereocenters. The fourth-order valence-corrected chi connectivity index (χ4v) is 3.41. The molecule has 5 nitrogen and oxygen atoms in total. The summed E-state index contributed by atoms with van der Waals surface area (Å²) in [7, 11) is 0. The molecule has 0 saturated heterocycles. The zero-order chi connectivity index (χ0) is 26.1. The third-order valence-corrected chi connectivity index (χ3v) is 5.19. The van der Waals surface area contributed by atoms with Crippen molar-refractivity contribution >= 4 is 12.0 Å². The molecule has 184 valence electrons. The van der Waals surface area contributed by atoms with E-state index in [0.29, 0.717) is 29.1 Å². The Morgan fingerprint density at radius 3 is 2.09 bits per heavy atom. The van der Waals surface area contributed by atoms with Gasteiger partial charge in [0.15, 0.2) is 0 Å². The Kier molecular flexibility index (Phi) is 7.57. The van der Waals surface area contributed by atoms with Crippen LogP contribution in [0.3, 0.4) is 0 Å². The van der Waals surface area contributed by atoms with Gasteiger partial charge in [-0.05, 0) is 49.6 Å². The third kappa shape index (κ3) is 4.82. The van der Waals surface area contributed by atoms with E-state index in [-0.39, 0.29) is 23.8 Å². The Balaban J connectivity index is 2.65. The van der Waals surface area contributed by atoms with Crippen LogP contribution in [0.5, 0.6) is 0 Å². The van der Waals surface area contributed by atoms with E-state index < -0.39 is 29.5 Å². The third-order valence-electron chi connectivity index (χ3n) is 5.19. The van der Waals surface area contributed by atoms with Crippen LogP contribution in [0.15, 0.2) is 35.9 Å². The number of rotatable bonds is 6. The van der Waals surface area contributed by atoms with Crippen molar-refractivity contribution < 1.29 is 41.0 Å². The van der Waals surface area contributed by atoms with Gasteiger partial charge in [0.25, 0.3) is 5.60 Å². The molecule has 0 amide bonds. The number of esters is 1. The van der Waals surface area contributed by atoms with Crippen molar-refractivity contribution in [1.29, 1.82) is 5.26 Å². The van der Waals surface area contributed by atoms with Gasteiger partial charge in [-0.1, -0.05) is 26.0 Å². The lowest BCUT2D eigenvalue weighted by atomic mass is 9.92. The number of aromatic nitrogens is 1. The molecule has 11 heteroatoms. The average molecular weight is 488 g/mol. The molecule has 0 aliphatic heterocycles. The normalized spacial score (nSPS) is 13.2. The van der Waals surface area contributed by atoms with Gasteiger partial charge in [-0.2, -0.15) is 31.6 Å². The number of carbonyl (C=O) groups excluding carboxylic acids is 1. The average Bonchev–Trinajstić information content (AvgIpc) is 3.06. The van der Waals surface area contributed by atoms with Gasteiger partial charge in [0, 0.05) is 22.6 Å². The van der Waals surface area contributed by atoms with Gasteiger partial charge in [0.1, 0.15) is 11.6 Å². The Bertz CT molecular complexity index is 1110. The Hall–Kier alpha value is -3.26. The van der Waals surface area contributed by atoms with E-state index in [0.717, 1.165) is 12.1 Å². The van der Waals surface area contributed by atoms with Gasteiger partial charge in [0.2, 0.25) is 0 Å². The molecule has 0 fully saturated rings. The van der Waals surface area contributed by atoms with Crippen LogP contribution >= 0.6 is 0 Å². The van der Waals surface area contributed by atoms with Crippen LogP contribution in [0.1, 0.15) is 49.2 Å². The van der Waals surface area contributed by atoms with E-state index >= 15 is 0 Å². The van der Waals surface area contributed by atoms with E-state index in [1.54, 1.807) is 30.6 Å². The number of alkyl halides is 6. The van der Waals surface area contributed by atoms with Gasteiger partial charge in [-0.3, -0.25) is 0 Å². The molecule has 0 atom stereocenters. The van der Waals surface area contributed by atoms with Crippen LogP contribution in [0.2, 0.25) is 0 Å². The quantitative estimate of drug-likeness (QED) is 0.245. The van der Waals surface area contributed by atoms with Crippen molar-refractivity contribution in [2.24, 2.45) is 0 Å². The first-order valence-corrected chi connectivity index (χ1v) is 10.1. The van der Waals surface area contributed by atoms with Crippen molar-refractivity contribution in [3.63, 3.8) is 0 Å². The fourth-order valence-electron chi connectivity index (χ4n) is 3.41. The number of nitrogens with zero attached hydrogens (tertiary/aromatic N) is 2. The molecule has 0 aliphatic rings. The predicted molar refractivity (Wildman–Crippen MR) is 111 cm³/mol. The number of carbonyl (C=O) groups is 1. The Morgan fingerprint density at radius 1 is 1.15 bits per heavy atom. The van der Waals surface area contributed by atoms with E-state index in [2.05, 4.69) is 0 Å². The highest BCUT2D eigenvalue weighted by Crippen LogP contribution is 2.50. The summed E-state index contributed by atoms with van der Waals surface area (Å²) in [5, 5.41) is 18.9. The molecule has 0 radical (unpaired) electrons. The van der Waals surface area contributed by atoms with Crippen molar-refractivity contribution in [2.45, 2.75) is 51.6 Å². The lowest BCUT2D eigenvalue weighted by Gasteiger charge is -2.32. The summed E-state index contributed by atoms with van der Waals surface area (Å²) < 4.78 is 85.5. The van der Waals surface area contributed by atoms with Gasteiger partial charge in [-0.15, -0.1) is 0 Å². The number of ether oxygens (including phenoxy) is 1. The van der Waals surface area contributed by atoms with Crippen LogP contribution in [0.25, 0.3) is 11.8 Å². The largest absolute Gasteiger partial charge is 0.462 e. The number of hydrogen-bond donors (Lipinski definition) is 1. The summed E-state index contributed by atoms with van der Waals surface area (Å²) in [6.45, 7) is 6.89. The molecule has 0 aliphatic carbocycles. The molecular formula is C23H22F6N2O3. The molecule has 0 bridgehead atoms. The van der Waals surface area contributed by atoms with Crippen LogP contribution in [0.4, 0.5) is 26.3 Å². The smallest absolute Gasteiger partial charge is 0.430 e. The lowest BCUT2D eigenvalue weighted by Crippen LogP contribution is -2.53. The SMILES string of the molecule is CCOC(=O)/C(C#N)=C/c1cc(C(C)C)n(-c2ccc(C(O)(C(F)(F)F)C(F)(F)F)cc2)c1C. The molecule has 1 heterocycles.